The number of thiophene rings is 2. The predicted molar refractivity (Wildman–Crippen MR) is 108 cm³/mol. The first kappa shape index (κ1) is 20.1. The highest BCUT2D eigenvalue weighted by atomic mass is 35.5. The molecule has 3 heterocycles. The number of nitrogens with one attached hydrogen (secondary N) is 1. The number of quaternary nitrogens is 1. The molecule has 3 N–H and O–H groups in total. The van der Waals surface area contributed by atoms with Gasteiger partial charge in [-0.3, -0.25) is 0 Å². The number of hydrogen-bond acceptors (Lipinski definition) is 4. The molecule has 0 bridgehead atoms. The maximum atomic E-state index is 10.7. The van der Waals surface area contributed by atoms with Crippen molar-refractivity contribution in [2.45, 2.75) is 25.6 Å². The number of phenols is 1. The van der Waals surface area contributed by atoms with Crippen molar-refractivity contribution < 1.29 is 27.5 Å². The van der Waals surface area contributed by atoms with Gasteiger partial charge in [-0.25, -0.2) is 0 Å². The molecule has 3 aromatic rings. The monoisotopic (exact) mass is 419 g/mol. The first-order valence-electron chi connectivity index (χ1n) is 8.73. The van der Waals surface area contributed by atoms with Gasteiger partial charge in [0.2, 0.25) is 0 Å². The fourth-order valence-corrected chi connectivity index (χ4v) is 4.97. The Labute approximate surface area is 173 Å². The molecule has 142 valence electrons. The van der Waals surface area contributed by atoms with Crippen molar-refractivity contribution in [1.29, 1.82) is 0 Å². The van der Waals surface area contributed by atoms with Crippen molar-refractivity contribution in [2.75, 3.05) is 6.54 Å². The van der Waals surface area contributed by atoms with Crippen molar-refractivity contribution >= 4 is 28.2 Å². The Kier molecular flexibility index (Phi) is 6.40. The number of phenolic OH excluding ortho intramolecular Hbond substituents is 1. The molecule has 0 spiro atoms. The minimum atomic E-state index is -0.506. The number of aliphatic hydroxyl groups excluding tert-OH is 1. The quantitative estimate of drug-likeness (QED) is 0.575. The number of aromatic hydroxyl groups is 1. The molecule has 3 atom stereocenters. The zero-order chi connectivity index (χ0) is 18.1. The van der Waals surface area contributed by atoms with Crippen molar-refractivity contribution in [3.05, 3.63) is 80.2 Å². The summed E-state index contributed by atoms with van der Waals surface area (Å²) in [6.45, 7) is 3.73. The average Bonchev–Trinajstić information content (AvgIpc) is 3.33. The van der Waals surface area contributed by atoms with E-state index in [2.05, 4.69) is 46.7 Å². The molecular weight excluding hydrogens is 398 g/mol. The van der Waals surface area contributed by atoms with Crippen molar-refractivity contribution in [1.82, 2.24) is 0 Å². The number of aliphatic hydroxyl groups is 1. The Morgan fingerprint density at radius 2 is 1.81 bits per heavy atom. The van der Waals surface area contributed by atoms with Crippen LogP contribution in [0.1, 0.15) is 35.3 Å². The Morgan fingerprint density at radius 3 is 2.41 bits per heavy atom. The van der Waals surface area contributed by atoms with Gasteiger partial charge in [-0.2, -0.15) is 22.7 Å². The second-order valence-electron chi connectivity index (χ2n) is 6.80. The Bertz CT molecular complexity index is 870. The molecule has 0 saturated carbocycles. The van der Waals surface area contributed by atoms with Crippen LogP contribution in [0.4, 0.5) is 0 Å². The molecule has 1 aromatic carbocycles. The lowest BCUT2D eigenvalue weighted by molar-refractivity contribution is -0.938. The van der Waals surface area contributed by atoms with E-state index in [1.807, 2.05) is 6.07 Å². The van der Waals surface area contributed by atoms with Gasteiger partial charge >= 0.3 is 0 Å². The van der Waals surface area contributed by atoms with Gasteiger partial charge in [0.25, 0.3) is 0 Å². The summed E-state index contributed by atoms with van der Waals surface area (Å²) in [5.74, 6) is 0.262. The molecule has 0 fully saturated rings. The third-order valence-electron chi connectivity index (χ3n) is 5.21. The first-order valence-corrected chi connectivity index (χ1v) is 10.6. The minimum absolute atomic E-state index is 0. The molecule has 1 aliphatic rings. The van der Waals surface area contributed by atoms with Crippen molar-refractivity contribution in [2.24, 2.45) is 0 Å². The molecule has 2 aromatic heterocycles. The van der Waals surface area contributed by atoms with E-state index in [-0.39, 0.29) is 24.2 Å². The van der Waals surface area contributed by atoms with Crippen LogP contribution in [-0.4, -0.2) is 22.8 Å². The van der Waals surface area contributed by atoms with E-state index >= 15 is 0 Å². The lowest BCUT2D eigenvalue weighted by atomic mass is 9.91. The van der Waals surface area contributed by atoms with Gasteiger partial charge in [0.05, 0.1) is 6.54 Å². The zero-order valence-corrected chi connectivity index (χ0v) is 17.3. The highest BCUT2D eigenvalue weighted by Crippen LogP contribution is 2.28. The van der Waals surface area contributed by atoms with Crippen LogP contribution in [0.25, 0.3) is 5.57 Å². The van der Waals surface area contributed by atoms with Crippen LogP contribution in [-0.2, 0) is 6.54 Å². The summed E-state index contributed by atoms with van der Waals surface area (Å²) >= 11 is 3.42. The van der Waals surface area contributed by atoms with Gasteiger partial charge in [0.1, 0.15) is 24.4 Å². The summed E-state index contributed by atoms with van der Waals surface area (Å²) in [5, 5.41) is 29.1. The van der Waals surface area contributed by atoms with Crippen LogP contribution >= 0.6 is 22.7 Å². The largest absolute Gasteiger partial charge is 1.00 e. The number of halogens is 1. The lowest BCUT2D eigenvalue weighted by Crippen LogP contribution is -3.15. The van der Waals surface area contributed by atoms with Crippen LogP contribution in [0, 0.1) is 0 Å². The van der Waals surface area contributed by atoms with E-state index in [1.165, 1.54) is 21.6 Å². The molecule has 6 heteroatoms. The fraction of sp³-hybridized carbons (Fsp3) is 0.238. The second kappa shape index (κ2) is 8.59. The smallest absolute Gasteiger partial charge is 0.131 e. The number of benzene rings is 1. The standard InChI is InChI=1S/C21H21NO2S2.ClH/c1-14-21(24)20-3-2-18(23)10-17(20)11-22(14)7-4-19(15-5-8-25-12-15)16-6-9-26-13-16;/h2-6,8-10,12-14,21,23-24H,7,11H2,1H3;1H. The third-order valence-corrected chi connectivity index (χ3v) is 6.58. The van der Waals surface area contributed by atoms with E-state index in [1.54, 1.807) is 34.8 Å². The molecule has 4 rings (SSSR count). The van der Waals surface area contributed by atoms with Gasteiger partial charge < -0.3 is 27.5 Å². The van der Waals surface area contributed by atoms with Crippen LogP contribution in [0.2, 0.25) is 0 Å². The zero-order valence-electron chi connectivity index (χ0n) is 14.9. The van der Waals surface area contributed by atoms with Crippen LogP contribution in [0.5, 0.6) is 5.75 Å². The van der Waals surface area contributed by atoms with Gasteiger partial charge in [0, 0.05) is 5.56 Å². The highest BCUT2D eigenvalue weighted by molar-refractivity contribution is 7.08. The summed E-state index contributed by atoms with van der Waals surface area (Å²) in [6.07, 6.45) is 1.78. The third kappa shape index (κ3) is 4.13. The summed E-state index contributed by atoms with van der Waals surface area (Å²) in [6, 6.07) is 9.71. The molecule has 3 unspecified atom stereocenters. The fourth-order valence-electron chi connectivity index (χ4n) is 3.66. The maximum Gasteiger partial charge on any atom is 0.131 e. The van der Waals surface area contributed by atoms with Crippen LogP contribution in [0.15, 0.2) is 57.9 Å². The van der Waals surface area contributed by atoms with E-state index < -0.39 is 6.10 Å². The SMILES string of the molecule is CC1C(O)c2ccc(O)cc2C[NH+]1CC=C(c1ccsc1)c1ccsc1.[Cl-]. The molecule has 27 heavy (non-hydrogen) atoms. The molecule has 1 aliphatic heterocycles. The molecule has 0 aliphatic carbocycles. The highest BCUT2D eigenvalue weighted by Gasteiger charge is 2.33. The van der Waals surface area contributed by atoms with Gasteiger partial charge in [0.15, 0.2) is 0 Å². The van der Waals surface area contributed by atoms with E-state index in [9.17, 15) is 10.2 Å². The average molecular weight is 420 g/mol. The van der Waals surface area contributed by atoms with E-state index in [0.717, 1.165) is 24.2 Å². The summed E-state index contributed by atoms with van der Waals surface area (Å²) < 4.78 is 0. The van der Waals surface area contributed by atoms with Crippen LogP contribution < -0.4 is 17.3 Å². The Balaban J connectivity index is 0.00000210. The molecule has 0 amide bonds. The molecule has 3 nitrogen and oxygen atoms in total. The topological polar surface area (TPSA) is 44.9 Å². The number of hydrogen-bond donors (Lipinski definition) is 3. The summed E-state index contributed by atoms with van der Waals surface area (Å²) in [5.41, 5.74) is 5.72. The summed E-state index contributed by atoms with van der Waals surface area (Å²) in [7, 11) is 0. The van der Waals surface area contributed by atoms with Gasteiger partial charge in [-0.05, 0) is 81.0 Å². The number of rotatable bonds is 4. The predicted octanol–water partition coefficient (Wildman–Crippen LogP) is 0.471. The van der Waals surface area contributed by atoms with Crippen LogP contribution in [0.3, 0.4) is 0 Å². The molecule has 0 saturated heterocycles. The van der Waals surface area contributed by atoms with E-state index in [4.69, 9.17) is 0 Å². The molecular formula is C21H22ClNO2S2. The maximum absolute atomic E-state index is 10.7. The van der Waals surface area contributed by atoms with Gasteiger partial charge in [-0.15, -0.1) is 0 Å². The van der Waals surface area contributed by atoms with Crippen molar-refractivity contribution in [3.8, 4) is 5.75 Å². The summed E-state index contributed by atoms with van der Waals surface area (Å²) in [4.78, 5) is 1.30. The lowest BCUT2D eigenvalue weighted by Gasteiger charge is -2.35. The Hall–Kier alpha value is -1.63. The second-order valence-corrected chi connectivity index (χ2v) is 8.36. The Morgan fingerprint density at radius 1 is 1.15 bits per heavy atom. The molecule has 0 radical (unpaired) electrons. The first-order chi connectivity index (χ1) is 12.6. The van der Waals surface area contributed by atoms with Gasteiger partial charge in [-0.1, -0.05) is 6.07 Å². The van der Waals surface area contributed by atoms with E-state index in [0.29, 0.717) is 0 Å². The number of fused-ring (bicyclic) bond motifs is 1. The minimum Gasteiger partial charge on any atom is -1.00 e. The normalized spacial score (nSPS) is 21.2. The van der Waals surface area contributed by atoms with Crippen molar-refractivity contribution in [3.63, 3.8) is 0 Å².